The second kappa shape index (κ2) is 3.75. The van der Waals surface area contributed by atoms with E-state index in [9.17, 15) is 8.42 Å². The molecule has 0 aliphatic carbocycles. The molecule has 0 aromatic carbocycles. The van der Waals surface area contributed by atoms with Crippen LogP contribution in [0.4, 0.5) is 0 Å². The van der Waals surface area contributed by atoms with Crippen LogP contribution >= 0.6 is 0 Å². The van der Waals surface area contributed by atoms with Gasteiger partial charge in [-0.15, -0.1) is 0 Å². The third kappa shape index (κ3) is 3.11. The first-order chi connectivity index (χ1) is 5.49. The maximum Gasteiger partial charge on any atom is 0.150 e. The van der Waals surface area contributed by atoms with Crippen LogP contribution in [0.3, 0.4) is 0 Å². The third-order valence-corrected chi connectivity index (χ3v) is 4.19. The van der Waals surface area contributed by atoms with Gasteiger partial charge >= 0.3 is 0 Å². The summed E-state index contributed by atoms with van der Waals surface area (Å²) in [5.41, 5.74) is 5.59. The van der Waals surface area contributed by atoms with Gasteiger partial charge < -0.3 is 5.73 Å². The minimum Gasteiger partial charge on any atom is -0.328 e. The zero-order valence-corrected chi connectivity index (χ0v) is 8.31. The smallest absolute Gasteiger partial charge is 0.150 e. The highest BCUT2D eigenvalue weighted by Gasteiger charge is 2.27. The molecule has 1 aliphatic rings. The van der Waals surface area contributed by atoms with E-state index in [4.69, 9.17) is 5.73 Å². The first-order valence-electron chi connectivity index (χ1n) is 4.45. The van der Waals surface area contributed by atoms with Gasteiger partial charge in [0.1, 0.15) is 0 Å². The van der Waals surface area contributed by atoms with Gasteiger partial charge in [-0.3, -0.25) is 0 Å². The molecule has 0 saturated carbocycles. The van der Waals surface area contributed by atoms with Crippen molar-refractivity contribution in [3.8, 4) is 0 Å². The first kappa shape index (κ1) is 9.99. The van der Waals surface area contributed by atoms with E-state index in [1.165, 1.54) is 0 Å². The van der Waals surface area contributed by atoms with Gasteiger partial charge in [0.25, 0.3) is 0 Å². The van der Waals surface area contributed by atoms with Crippen molar-refractivity contribution in [2.45, 2.75) is 32.2 Å². The molecule has 2 atom stereocenters. The Labute approximate surface area is 74.3 Å². The van der Waals surface area contributed by atoms with E-state index in [1.54, 1.807) is 0 Å². The lowest BCUT2D eigenvalue weighted by Crippen LogP contribution is -2.16. The Kier molecular flexibility index (Phi) is 3.12. The monoisotopic (exact) mass is 191 g/mol. The third-order valence-electron chi connectivity index (χ3n) is 2.36. The van der Waals surface area contributed by atoms with E-state index in [0.717, 1.165) is 19.3 Å². The average Bonchev–Trinajstić information content (AvgIpc) is 2.26. The van der Waals surface area contributed by atoms with Crippen LogP contribution in [0.1, 0.15) is 26.2 Å². The Bertz CT molecular complexity index is 233. The number of hydrogen-bond acceptors (Lipinski definition) is 3. The molecule has 12 heavy (non-hydrogen) atoms. The molecule has 0 radical (unpaired) electrons. The summed E-state index contributed by atoms with van der Waals surface area (Å²) in [4.78, 5) is 0. The highest BCUT2D eigenvalue weighted by molar-refractivity contribution is 7.91. The summed E-state index contributed by atoms with van der Waals surface area (Å²) in [6.07, 6.45) is 2.76. The SMILES string of the molecule is CC(N)CCC1CCS(=O)(=O)C1. The van der Waals surface area contributed by atoms with Crippen LogP contribution in [0.25, 0.3) is 0 Å². The number of sulfone groups is 1. The fourth-order valence-electron chi connectivity index (χ4n) is 1.60. The summed E-state index contributed by atoms with van der Waals surface area (Å²) >= 11 is 0. The molecular weight excluding hydrogens is 174 g/mol. The summed E-state index contributed by atoms with van der Waals surface area (Å²) in [7, 11) is -2.68. The van der Waals surface area contributed by atoms with Gasteiger partial charge in [0.05, 0.1) is 11.5 Å². The predicted octanol–water partition coefficient (Wildman–Crippen LogP) is 0.548. The molecule has 0 aromatic heterocycles. The van der Waals surface area contributed by atoms with Gasteiger partial charge in [-0.05, 0) is 32.1 Å². The van der Waals surface area contributed by atoms with E-state index in [0.29, 0.717) is 17.4 Å². The van der Waals surface area contributed by atoms with Crippen molar-refractivity contribution in [3.05, 3.63) is 0 Å². The van der Waals surface area contributed by atoms with Crippen molar-refractivity contribution in [1.82, 2.24) is 0 Å². The van der Waals surface area contributed by atoms with E-state index < -0.39 is 9.84 Å². The van der Waals surface area contributed by atoms with Crippen LogP contribution < -0.4 is 5.73 Å². The average molecular weight is 191 g/mol. The van der Waals surface area contributed by atoms with Crippen LogP contribution in [0.2, 0.25) is 0 Å². The standard InChI is InChI=1S/C8H17NO2S/c1-7(9)2-3-8-4-5-12(10,11)6-8/h7-8H,2-6,9H2,1H3. The number of rotatable bonds is 3. The van der Waals surface area contributed by atoms with Crippen LogP contribution in [0, 0.1) is 5.92 Å². The number of hydrogen-bond donors (Lipinski definition) is 1. The lowest BCUT2D eigenvalue weighted by molar-refractivity contribution is 0.488. The van der Waals surface area contributed by atoms with Crippen molar-refractivity contribution < 1.29 is 8.42 Å². The number of nitrogens with two attached hydrogens (primary N) is 1. The Balaban J connectivity index is 2.29. The molecule has 1 heterocycles. The summed E-state index contributed by atoms with van der Waals surface area (Å²) in [5.74, 6) is 1.15. The summed E-state index contributed by atoms with van der Waals surface area (Å²) in [5, 5.41) is 0. The molecule has 1 saturated heterocycles. The Morgan fingerprint density at radius 1 is 1.58 bits per heavy atom. The van der Waals surface area contributed by atoms with Crippen LogP contribution in [0.5, 0.6) is 0 Å². The predicted molar refractivity (Wildman–Crippen MR) is 49.6 cm³/mol. The van der Waals surface area contributed by atoms with E-state index in [1.807, 2.05) is 6.92 Å². The zero-order valence-electron chi connectivity index (χ0n) is 7.49. The van der Waals surface area contributed by atoms with Crippen LogP contribution in [-0.4, -0.2) is 26.0 Å². The van der Waals surface area contributed by atoms with Gasteiger partial charge in [0.15, 0.2) is 9.84 Å². The largest absolute Gasteiger partial charge is 0.328 e. The molecule has 72 valence electrons. The Morgan fingerprint density at radius 2 is 2.25 bits per heavy atom. The van der Waals surface area contributed by atoms with Crippen molar-refractivity contribution in [2.24, 2.45) is 11.7 Å². The quantitative estimate of drug-likeness (QED) is 0.708. The summed E-state index contributed by atoms with van der Waals surface area (Å²) < 4.78 is 22.1. The second-order valence-electron chi connectivity index (χ2n) is 3.82. The van der Waals surface area contributed by atoms with Crippen LogP contribution in [0.15, 0.2) is 0 Å². The van der Waals surface area contributed by atoms with Crippen molar-refractivity contribution in [1.29, 1.82) is 0 Å². The molecule has 1 rings (SSSR count). The lowest BCUT2D eigenvalue weighted by atomic mass is 10.0. The summed E-state index contributed by atoms with van der Waals surface area (Å²) in [6, 6.07) is 0.202. The molecular formula is C8H17NO2S. The molecule has 2 unspecified atom stereocenters. The molecule has 3 nitrogen and oxygen atoms in total. The van der Waals surface area contributed by atoms with Crippen molar-refractivity contribution in [2.75, 3.05) is 11.5 Å². The minimum atomic E-state index is -2.68. The maximum atomic E-state index is 11.1. The maximum absolute atomic E-state index is 11.1. The van der Waals surface area contributed by atoms with Crippen LogP contribution in [-0.2, 0) is 9.84 Å². The van der Waals surface area contributed by atoms with E-state index in [-0.39, 0.29) is 6.04 Å². The molecule has 2 N–H and O–H groups in total. The van der Waals surface area contributed by atoms with Gasteiger partial charge in [-0.25, -0.2) is 8.42 Å². The molecule has 4 heteroatoms. The van der Waals surface area contributed by atoms with E-state index in [2.05, 4.69) is 0 Å². The van der Waals surface area contributed by atoms with Crippen molar-refractivity contribution >= 4 is 9.84 Å². The van der Waals surface area contributed by atoms with E-state index >= 15 is 0 Å². The highest BCUT2D eigenvalue weighted by Crippen LogP contribution is 2.22. The molecule has 0 aromatic rings. The second-order valence-corrected chi connectivity index (χ2v) is 6.05. The fraction of sp³-hybridized carbons (Fsp3) is 1.00. The highest BCUT2D eigenvalue weighted by atomic mass is 32.2. The summed E-state index contributed by atoms with van der Waals surface area (Å²) in [6.45, 7) is 1.96. The fourth-order valence-corrected chi connectivity index (χ4v) is 3.51. The zero-order chi connectivity index (χ0) is 9.19. The first-order valence-corrected chi connectivity index (χ1v) is 6.28. The molecule has 0 amide bonds. The van der Waals surface area contributed by atoms with Gasteiger partial charge in [-0.1, -0.05) is 0 Å². The van der Waals surface area contributed by atoms with Gasteiger partial charge in [0.2, 0.25) is 0 Å². The molecule has 0 bridgehead atoms. The van der Waals surface area contributed by atoms with Crippen molar-refractivity contribution in [3.63, 3.8) is 0 Å². The van der Waals surface area contributed by atoms with Gasteiger partial charge in [0, 0.05) is 6.04 Å². The lowest BCUT2D eigenvalue weighted by Gasteiger charge is -2.08. The molecule has 0 spiro atoms. The minimum absolute atomic E-state index is 0.202. The Morgan fingerprint density at radius 3 is 2.67 bits per heavy atom. The topological polar surface area (TPSA) is 60.2 Å². The Hall–Kier alpha value is -0.0900. The van der Waals surface area contributed by atoms with Gasteiger partial charge in [-0.2, -0.15) is 0 Å². The molecule has 1 fully saturated rings. The normalized spacial score (nSPS) is 30.3. The molecule has 1 aliphatic heterocycles.